The molecular weight excluding hydrogens is 181 g/mol. The number of nitrogens with two attached hydrogens (primary N) is 1. The lowest BCUT2D eigenvalue weighted by molar-refractivity contribution is -0.160. The fourth-order valence-electron chi connectivity index (χ4n) is 0.518. The molecule has 0 aromatic heterocycles. The van der Waals surface area contributed by atoms with Crippen molar-refractivity contribution in [2.24, 2.45) is 5.73 Å². The predicted octanol–water partition coefficient (Wildman–Crippen LogP) is -0.400. The summed E-state index contributed by atoms with van der Waals surface area (Å²) < 4.78 is 8.90. The summed E-state index contributed by atoms with van der Waals surface area (Å²) in [6, 6.07) is 0. The Morgan fingerprint density at radius 1 is 1.58 bits per heavy atom. The van der Waals surface area contributed by atoms with Gasteiger partial charge in [0.25, 0.3) is 0 Å². The molecule has 2 N–H and O–H groups in total. The Balaban J connectivity index is 3.75. The normalized spacial score (nSPS) is 11.9. The molecule has 0 aliphatic rings. The summed E-state index contributed by atoms with van der Waals surface area (Å²) in [5.74, 6) is -1.11. The van der Waals surface area contributed by atoms with Crippen LogP contribution in [-0.2, 0) is 18.8 Å². The molecule has 0 radical (unpaired) electrons. The molecule has 0 saturated carbocycles. The first-order chi connectivity index (χ1) is 5.61. The largest absolute Gasteiger partial charge is 0.451 e. The van der Waals surface area contributed by atoms with Crippen LogP contribution in [0.5, 0.6) is 0 Å². The van der Waals surface area contributed by atoms with Crippen LogP contribution in [0.3, 0.4) is 0 Å². The van der Waals surface area contributed by atoms with Crippen LogP contribution in [0.1, 0.15) is 13.3 Å². The molecule has 0 spiro atoms. The molecule has 0 rings (SSSR count). The summed E-state index contributed by atoms with van der Waals surface area (Å²) >= 11 is 0. The zero-order valence-electron chi connectivity index (χ0n) is 6.78. The third-order valence-corrected chi connectivity index (χ3v) is 1.34. The lowest BCUT2D eigenvalue weighted by Crippen LogP contribution is -2.25. The molecule has 0 fully saturated rings. The fraction of sp³-hybridized carbons (Fsp3) is 0.667. The first kappa shape index (κ1) is 11.3. The quantitative estimate of drug-likeness (QED) is 0.485. The first-order valence-electron chi connectivity index (χ1n) is 3.42. The minimum Gasteiger partial charge on any atom is -0.451 e. The monoisotopic (exact) mass is 193 g/mol. The van der Waals surface area contributed by atoms with Crippen molar-refractivity contribution >= 4 is 21.4 Å². The highest BCUT2D eigenvalue weighted by Gasteiger charge is 2.17. The SMILES string of the molecule is C[C@H](OC(=O)CCN)C(=O)OP. The van der Waals surface area contributed by atoms with Gasteiger partial charge in [-0.25, -0.2) is 4.79 Å². The van der Waals surface area contributed by atoms with Crippen molar-refractivity contribution in [3.63, 3.8) is 0 Å². The number of rotatable bonds is 4. The van der Waals surface area contributed by atoms with Crippen LogP contribution in [0.2, 0.25) is 0 Å². The number of esters is 1. The molecule has 0 heterocycles. The number of hydrogen-bond donors (Lipinski definition) is 1. The van der Waals surface area contributed by atoms with Crippen molar-refractivity contribution in [1.29, 1.82) is 0 Å². The molecule has 12 heavy (non-hydrogen) atoms. The number of carbonyl (C=O) groups is 2. The highest BCUT2D eigenvalue weighted by Crippen LogP contribution is 1.99. The summed E-state index contributed by atoms with van der Waals surface area (Å²) in [5.41, 5.74) is 5.09. The van der Waals surface area contributed by atoms with E-state index in [9.17, 15) is 9.59 Å². The van der Waals surface area contributed by atoms with E-state index >= 15 is 0 Å². The molecule has 1 unspecified atom stereocenters. The van der Waals surface area contributed by atoms with Gasteiger partial charge in [0.1, 0.15) is 0 Å². The van der Waals surface area contributed by atoms with E-state index in [0.717, 1.165) is 0 Å². The van der Waals surface area contributed by atoms with E-state index < -0.39 is 18.0 Å². The van der Waals surface area contributed by atoms with Crippen LogP contribution >= 0.6 is 9.47 Å². The van der Waals surface area contributed by atoms with E-state index in [1.807, 2.05) is 0 Å². The zero-order valence-corrected chi connectivity index (χ0v) is 7.93. The highest BCUT2D eigenvalue weighted by atomic mass is 31.0. The molecule has 0 aliphatic heterocycles. The Morgan fingerprint density at radius 2 is 2.17 bits per heavy atom. The minimum absolute atomic E-state index is 0.106. The Kier molecular flexibility index (Phi) is 5.58. The maximum absolute atomic E-state index is 10.8. The Bertz CT molecular complexity index is 173. The van der Waals surface area contributed by atoms with E-state index in [-0.39, 0.29) is 13.0 Å². The third kappa shape index (κ3) is 4.26. The Morgan fingerprint density at radius 3 is 2.58 bits per heavy atom. The maximum Gasteiger partial charge on any atom is 0.349 e. The average molecular weight is 193 g/mol. The summed E-state index contributed by atoms with van der Waals surface area (Å²) in [6.45, 7) is 1.64. The van der Waals surface area contributed by atoms with E-state index in [4.69, 9.17) is 5.73 Å². The number of hydrogen-bond acceptors (Lipinski definition) is 5. The van der Waals surface area contributed by atoms with Gasteiger partial charge in [-0.3, -0.25) is 4.79 Å². The molecule has 0 bridgehead atoms. The molecule has 0 aliphatic carbocycles. The van der Waals surface area contributed by atoms with Gasteiger partial charge in [-0.2, -0.15) is 0 Å². The Labute approximate surface area is 72.9 Å². The van der Waals surface area contributed by atoms with Crippen LogP contribution in [0.25, 0.3) is 0 Å². The van der Waals surface area contributed by atoms with E-state index in [1.165, 1.54) is 6.92 Å². The van der Waals surface area contributed by atoms with Crippen LogP contribution in [0, 0.1) is 0 Å². The van der Waals surface area contributed by atoms with Crippen LogP contribution in [-0.4, -0.2) is 24.6 Å². The summed E-state index contributed by atoms with van der Waals surface area (Å²) in [4.78, 5) is 21.5. The minimum atomic E-state index is -0.874. The van der Waals surface area contributed by atoms with Gasteiger partial charge in [0, 0.05) is 6.54 Å². The number of carbonyl (C=O) groups excluding carboxylic acids is 2. The van der Waals surface area contributed by atoms with Crippen molar-refractivity contribution in [2.75, 3.05) is 6.54 Å². The summed E-state index contributed by atoms with van der Waals surface area (Å²) in [5, 5.41) is 0. The smallest absolute Gasteiger partial charge is 0.349 e. The van der Waals surface area contributed by atoms with Gasteiger partial charge in [0.15, 0.2) is 6.10 Å². The molecule has 0 amide bonds. The van der Waals surface area contributed by atoms with Crippen molar-refractivity contribution in [3.8, 4) is 0 Å². The molecule has 70 valence electrons. The Hall–Kier alpha value is -0.670. The highest BCUT2D eigenvalue weighted by molar-refractivity contribution is 7.10. The molecule has 6 heteroatoms. The maximum atomic E-state index is 10.8. The van der Waals surface area contributed by atoms with E-state index in [1.54, 1.807) is 9.47 Å². The molecular formula is C6H12NO4P. The standard InChI is InChI=1S/C6H12NO4P/c1-4(6(9)11-12)10-5(8)2-3-7/h4H,2-3,7,12H2,1H3/t4-/m0/s1. The number of ether oxygens (including phenoxy) is 1. The van der Waals surface area contributed by atoms with Crippen molar-refractivity contribution in [1.82, 2.24) is 0 Å². The molecule has 2 atom stereocenters. The summed E-state index contributed by atoms with van der Waals surface area (Å²) in [6.07, 6.45) is -0.768. The molecule has 0 saturated heterocycles. The predicted molar refractivity (Wildman–Crippen MR) is 45.0 cm³/mol. The molecule has 0 aromatic carbocycles. The van der Waals surface area contributed by atoms with E-state index in [2.05, 4.69) is 9.26 Å². The second-order valence-corrected chi connectivity index (χ2v) is 2.34. The lowest BCUT2D eigenvalue weighted by atomic mass is 10.4. The van der Waals surface area contributed by atoms with Gasteiger partial charge < -0.3 is 15.0 Å². The lowest BCUT2D eigenvalue weighted by Gasteiger charge is -2.09. The first-order valence-corrected chi connectivity index (χ1v) is 3.89. The second-order valence-electron chi connectivity index (χ2n) is 2.11. The summed E-state index contributed by atoms with van der Waals surface area (Å²) in [7, 11) is 1.79. The van der Waals surface area contributed by atoms with Gasteiger partial charge >= 0.3 is 11.9 Å². The fourth-order valence-corrected chi connectivity index (χ4v) is 0.710. The second kappa shape index (κ2) is 5.91. The van der Waals surface area contributed by atoms with E-state index in [0.29, 0.717) is 0 Å². The topological polar surface area (TPSA) is 78.6 Å². The van der Waals surface area contributed by atoms with Gasteiger partial charge in [0.05, 0.1) is 15.9 Å². The van der Waals surface area contributed by atoms with Gasteiger partial charge in [-0.05, 0) is 6.92 Å². The van der Waals surface area contributed by atoms with Crippen molar-refractivity contribution in [2.45, 2.75) is 19.4 Å². The van der Waals surface area contributed by atoms with Crippen LogP contribution in [0.15, 0.2) is 0 Å². The van der Waals surface area contributed by atoms with Crippen LogP contribution < -0.4 is 5.73 Å². The average Bonchev–Trinajstić information content (AvgIpc) is 2.03. The molecule has 0 aromatic rings. The van der Waals surface area contributed by atoms with Crippen molar-refractivity contribution in [3.05, 3.63) is 0 Å². The zero-order chi connectivity index (χ0) is 9.56. The van der Waals surface area contributed by atoms with Gasteiger partial charge in [-0.1, -0.05) is 0 Å². The van der Waals surface area contributed by atoms with Crippen molar-refractivity contribution < 1.29 is 18.8 Å². The third-order valence-electron chi connectivity index (χ3n) is 1.10. The van der Waals surface area contributed by atoms with Gasteiger partial charge in [-0.15, -0.1) is 0 Å². The van der Waals surface area contributed by atoms with Crippen LogP contribution in [0.4, 0.5) is 0 Å². The molecule has 5 nitrogen and oxygen atoms in total. The van der Waals surface area contributed by atoms with Gasteiger partial charge in [0.2, 0.25) is 0 Å².